The summed E-state index contributed by atoms with van der Waals surface area (Å²) in [5.74, 6) is -0.393. The molecule has 244 valence electrons. The normalized spacial score (nSPS) is 18.5. The Morgan fingerprint density at radius 2 is 1.02 bits per heavy atom. The van der Waals surface area contributed by atoms with Gasteiger partial charge in [0.1, 0.15) is 30.0 Å². The van der Waals surface area contributed by atoms with Gasteiger partial charge in [-0.1, -0.05) is 30.3 Å². The van der Waals surface area contributed by atoms with Crippen molar-refractivity contribution < 1.29 is 52.3 Å². The Morgan fingerprint density at radius 1 is 0.574 bits per heavy atom. The van der Waals surface area contributed by atoms with E-state index in [-0.39, 0.29) is 29.9 Å². The van der Waals surface area contributed by atoms with Crippen molar-refractivity contribution in [2.75, 3.05) is 27.9 Å². The SMILES string of the molecule is COc1ccc(C(=O)OC[C@H]2O[C@H](OCc3ccccc3)[C@@H](OC(=O)c3ccc(OC)cc3)[C@@H]2OC(=O)c2ccc(OC)cc2)cc1. The number of carbonyl (C=O) groups is 3. The quantitative estimate of drug-likeness (QED) is 0.140. The summed E-state index contributed by atoms with van der Waals surface area (Å²) < 4.78 is 45.2. The summed E-state index contributed by atoms with van der Waals surface area (Å²) in [7, 11) is 4.55. The molecular weight excluding hydrogens is 608 g/mol. The van der Waals surface area contributed by atoms with Crippen LogP contribution in [0.25, 0.3) is 0 Å². The second-order valence-corrected chi connectivity index (χ2v) is 10.4. The second kappa shape index (κ2) is 15.7. The van der Waals surface area contributed by atoms with Gasteiger partial charge in [-0.25, -0.2) is 14.4 Å². The van der Waals surface area contributed by atoms with Gasteiger partial charge < -0.3 is 37.9 Å². The summed E-state index contributed by atoms with van der Waals surface area (Å²) in [6.45, 7) is -0.243. The third kappa shape index (κ3) is 8.46. The van der Waals surface area contributed by atoms with Crippen LogP contribution >= 0.6 is 0 Å². The average molecular weight is 643 g/mol. The van der Waals surface area contributed by atoms with E-state index in [2.05, 4.69) is 0 Å². The van der Waals surface area contributed by atoms with E-state index in [1.165, 1.54) is 33.5 Å². The summed E-state index contributed by atoms with van der Waals surface area (Å²) in [4.78, 5) is 39.7. The van der Waals surface area contributed by atoms with E-state index in [4.69, 9.17) is 37.9 Å². The Kier molecular flexibility index (Phi) is 11.1. The molecule has 0 radical (unpaired) electrons. The van der Waals surface area contributed by atoms with Crippen molar-refractivity contribution in [2.24, 2.45) is 0 Å². The van der Waals surface area contributed by atoms with Gasteiger partial charge in [0.2, 0.25) is 0 Å². The lowest BCUT2D eigenvalue weighted by Gasteiger charge is -2.24. The molecule has 1 fully saturated rings. The first-order valence-corrected chi connectivity index (χ1v) is 14.7. The number of carbonyl (C=O) groups excluding carboxylic acids is 3. The highest BCUT2D eigenvalue weighted by Crippen LogP contribution is 2.31. The molecule has 1 aliphatic rings. The fourth-order valence-corrected chi connectivity index (χ4v) is 4.79. The standard InChI is InChI=1S/C36H34O11/c1-40-27-15-9-24(10-16-27)33(37)43-22-30-31(46-34(38)25-11-17-28(41-2)18-12-25)32(36(45-30)44-21-23-7-5-4-6-8-23)47-35(39)26-13-19-29(42-3)20-14-26/h4-20,30-32,36H,21-22H2,1-3H3/t30-,31-,32+,36+/m1/s1. The first kappa shape index (κ1) is 33.0. The molecule has 0 aromatic heterocycles. The van der Waals surface area contributed by atoms with Crippen molar-refractivity contribution in [1.29, 1.82) is 0 Å². The average Bonchev–Trinajstić information content (AvgIpc) is 3.44. The smallest absolute Gasteiger partial charge is 0.338 e. The van der Waals surface area contributed by atoms with Crippen molar-refractivity contribution >= 4 is 17.9 Å². The van der Waals surface area contributed by atoms with Gasteiger partial charge in [-0.2, -0.15) is 0 Å². The number of esters is 3. The van der Waals surface area contributed by atoms with E-state index in [1.54, 1.807) is 60.7 Å². The number of rotatable bonds is 13. The first-order valence-electron chi connectivity index (χ1n) is 14.7. The van der Waals surface area contributed by atoms with Crippen LogP contribution in [0.4, 0.5) is 0 Å². The predicted molar refractivity (Wildman–Crippen MR) is 168 cm³/mol. The minimum absolute atomic E-state index is 0.0968. The molecule has 4 aromatic rings. The van der Waals surface area contributed by atoms with Crippen LogP contribution in [-0.4, -0.2) is 70.4 Å². The zero-order chi connectivity index (χ0) is 33.2. The van der Waals surface area contributed by atoms with Gasteiger partial charge in [0.25, 0.3) is 0 Å². The van der Waals surface area contributed by atoms with Gasteiger partial charge in [-0.3, -0.25) is 0 Å². The Balaban J connectivity index is 1.41. The number of hydrogen-bond donors (Lipinski definition) is 0. The van der Waals surface area contributed by atoms with Crippen molar-refractivity contribution in [2.45, 2.75) is 31.2 Å². The molecule has 5 rings (SSSR count). The molecule has 0 N–H and O–H groups in total. The topological polar surface area (TPSA) is 125 Å². The largest absolute Gasteiger partial charge is 0.497 e. The van der Waals surface area contributed by atoms with Gasteiger partial charge >= 0.3 is 17.9 Å². The lowest BCUT2D eigenvalue weighted by molar-refractivity contribution is -0.176. The van der Waals surface area contributed by atoms with Gasteiger partial charge in [-0.15, -0.1) is 0 Å². The molecule has 4 aromatic carbocycles. The lowest BCUT2D eigenvalue weighted by atomic mass is 10.1. The van der Waals surface area contributed by atoms with E-state index in [0.717, 1.165) is 5.56 Å². The van der Waals surface area contributed by atoms with Gasteiger partial charge in [0.15, 0.2) is 18.5 Å². The number of ether oxygens (including phenoxy) is 8. The molecule has 0 amide bonds. The highest BCUT2D eigenvalue weighted by atomic mass is 16.7. The Bertz CT molecular complexity index is 1620. The molecule has 0 saturated carbocycles. The third-order valence-corrected chi connectivity index (χ3v) is 7.37. The maximum atomic E-state index is 13.4. The van der Waals surface area contributed by atoms with Crippen LogP contribution in [0.1, 0.15) is 36.6 Å². The van der Waals surface area contributed by atoms with Crippen LogP contribution < -0.4 is 14.2 Å². The maximum Gasteiger partial charge on any atom is 0.338 e. The van der Waals surface area contributed by atoms with Crippen molar-refractivity contribution in [3.05, 3.63) is 125 Å². The highest BCUT2D eigenvalue weighted by molar-refractivity contribution is 5.91. The minimum atomic E-state index is -1.24. The van der Waals surface area contributed by atoms with Gasteiger partial charge in [0.05, 0.1) is 44.6 Å². The molecule has 1 heterocycles. The predicted octanol–water partition coefficient (Wildman–Crippen LogP) is 5.26. The summed E-state index contributed by atoms with van der Waals surface area (Å²) in [6, 6.07) is 28.3. The fraction of sp³-hybridized carbons (Fsp3) is 0.250. The van der Waals surface area contributed by atoms with Gasteiger partial charge in [0, 0.05) is 0 Å². The molecule has 1 saturated heterocycles. The van der Waals surface area contributed by atoms with Crippen LogP contribution in [0.5, 0.6) is 17.2 Å². The van der Waals surface area contributed by atoms with Crippen LogP contribution in [0.2, 0.25) is 0 Å². The summed E-state index contributed by atoms with van der Waals surface area (Å²) in [5, 5.41) is 0. The first-order chi connectivity index (χ1) is 22.9. The summed E-state index contributed by atoms with van der Waals surface area (Å²) >= 11 is 0. The monoisotopic (exact) mass is 642 g/mol. The molecule has 47 heavy (non-hydrogen) atoms. The molecule has 0 unspecified atom stereocenters. The Morgan fingerprint density at radius 3 is 1.49 bits per heavy atom. The Labute approximate surface area is 271 Å². The molecule has 4 atom stereocenters. The molecule has 0 bridgehead atoms. The molecule has 1 aliphatic heterocycles. The van der Waals surface area contributed by atoms with Crippen LogP contribution in [-0.2, 0) is 30.3 Å². The number of hydrogen-bond acceptors (Lipinski definition) is 11. The highest BCUT2D eigenvalue weighted by Gasteiger charge is 2.51. The second-order valence-electron chi connectivity index (χ2n) is 10.4. The van der Waals surface area contributed by atoms with E-state index in [0.29, 0.717) is 17.2 Å². The van der Waals surface area contributed by atoms with Crippen LogP contribution in [0.3, 0.4) is 0 Å². The third-order valence-electron chi connectivity index (χ3n) is 7.37. The van der Waals surface area contributed by atoms with Gasteiger partial charge in [-0.05, 0) is 78.4 Å². The van der Waals surface area contributed by atoms with Crippen molar-refractivity contribution in [3.63, 3.8) is 0 Å². The number of benzene rings is 4. The van der Waals surface area contributed by atoms with Crippen molar-refractivity contribution in [1.82, 2.24) is 0 Å². The van der Waals surface area contributed by atoms with E-state index >= 15 is 0 Å². The summed E-state index contributed by atoms with van der Waals surface area (Å²) in [6.07, 6.45) is -4.71. The lowest BCUT2D eigenvalue weighted by Crippen LogP contribution is -2.42. The van der Waals surface area contributed by atoms with Crippen LogP contribution in [0.15, 0.2) is 103 Å². The van der Waals surface area contributed by atoms with Crippen LogP contribution in [0, 0.1) is 0 Å². The minimum Gasteiger partial charge on any atom is -0.497 e. The van der Waals surface area contributed by atoms with E-state index in [9.17, 15) is 14.4 Å². The maximum absolute atomic E-state index is 13.4. The number of methoxy groups -OCH3 is 3. The molecular formula is C36H34O11. The van der Waals surface area contributed by atoms with E-state index in [1.807, 2.05) is 30.3 Å². The zero-order valence-electron chi connectivity index (χ0n) is 26.0. The fourth-order valence-electron chi connectivity index (χ4n) is 4.79. The zero-order valence-corrected chi connectivity index (χ0v) is 26.0. The van der Waals surface area contributed by atoms with Crippen molar-refractivity contribution in [3.8, 4) is 17.2 Å². The molecule has 0 spiro atoms. The van der Waals surface area contributed by atoms with E-state index < -0.39 is 42.5 Å². The molecule has 11 heteroatoms. The summed E-state index contributed by atoms with van der Waals surface area (Å²) in [5.41, 5.74) is 1.54. The molecule has 0 aliphatic carbocycles. The molecule has 11 nitrogen and oxygen atoms in total. The Hall–Kier alpha value is -5.39.